The van der Waals surface area contributed by atoms with E-state index in [0.29, 0.717) is 18.7 Å². The van der Waals surface area contributed by atoms with Crippen LogP contribution in [0.2, 0.25) is 0 Å². The zero-order valence-electron chi connectivity index (χ0n) is 22.1. The van der Waals surface area contributed by atoms with Crippen LogP contribution >= 0.6 is 15.9 Å². The summed E-state index contributed by atoms with van der Waals surface area (Å²) in [6.45, 7) is 2.29. The predicted octanol–water partition coefficient (Wildman–Crippen LogP) is 6.48. The second-order valence-electron chi connectivity index (χ2n) is 9.98. The van der Waals surface area contributed by atoms with Crippen LogP contribution in [-0.4, -0.2) is 35.4 Å². The van der Waals surface area contributed by atoms with Gasteiger partial charge in [-0.2, -0.15) is 0 Å². The van der Waals surface area contributed by atoms with E-state index in [1.54, 1.807) is 4.90 Å². The minimum atomic E-state index is -0.651. The quantitative estimate of drug-likeness (QED) is 0.284. The van der Waals surface area contributed by atoms with Crippen molar-refractivity contribution in [2.75, 3.05) is 6.61 Å². The lowest BCUT2D eigenvalue weighted by Crippen LogP contribution is -2.53. The molecule has 0 aromatic heterocycles. The smallest absolute Gasteiger partial charge is 0.261 e. The van der Waals surface area contributed by atoms with Crippen LogP contribution in [0.15, 0.2) is 83.3 Å². The van der Waals surface area contributed by atoms with Crippen LogP contribution in [0.4, 0.5) is 0 Å². The Morgan fingerprint density at radius 1 is 0.895 bits per heavy atom. The third-order valence-corrected chi connectivity index (χ3v) is 7.71. The van der Waals surface area contributed by atoms with Crippen molar-refractivity contribution in [3.05, 3.63) is 100 Å². The molecule has 200 valence electrons. The first-order valence-corrected chi connectivity index (χ1v) is 14.4. The lowest BCUT2D eigenvalue weighted by molar-refractivity contribution is -0.143. The van der Waals surface area contributed by atoms with Gasteiger partial charge in [0.15, 0.2) is 6.61 Å². The highest BCUT2D eigenvalue weighted by Crippen LogP contribution is 2.21. The van der Waals surface area contributed by atoms with Crippen LogP contribution in [0, 0.1) is 0 Å². The summed E-state index contributed by atoms with van der Waals surface area (Å²) in [4.78, 5) is 29.2. The number of aryl methyl sites for hydroxylation is 1. The van der Waals surface area contributed by atoms with E-state index in [4.69, 9.17) is 4.74 Å². The van der Waals surface area contributed by atoms with E-state index in [2.05, 4.69) is 28.2 Å². The first kappa shape index (κ1) is 27.9. The van der Waals surface area contributed by atoms with Crippen molar-refractivity contribution in [3.63, 3.8) is 0 Å². The monoisotopic (exact) mass is 576 g/mol. The van der Waals surface area contributed by atoms with Gasteiger partial charge in [0.2, 0.25) is 5.91 Å². The van der Waals surface area contributed by atoms with E-state index in [1.165, 1.54) is 12.0 Å². The van der Waals surface area contributed by atoms with E-state index < -0.39 is 6.04 Å². The number of benzene rings is 3. The molecule has 0 saturated heterocycles. The Morgan fingerprint density at radius 2 is 1.55 bits per heavy atom. The zero-order chi connectivity index (χ0) is 26.7. The molecule has 38 heavy (non-hydrogen) atoms. The summed E-state index contributed by atoms with van der Waals surface area (Å²) in [6, 6.07) is 25.1. The van der Waals surface area contributed by atoms with Crippen LogP contribution < -0.4 is 10.1 Å². The van der Waals surface area contributed by atoms with Crippen LogP contribution in [-0.2, 0) is 29.0 Å². The molecule has 1 aliphatic carbocycles. The lowest BCUT2D eigenvalue weighted by atomic mass is 9.94. The van der Waals surface area contributed by atoms with Crippen molar-refractivity contribution >= 4 is 27.7 Å². The fraction of sp³-hybridized carbons (Fsp3) is 0.375. The van der Waals surface area contributed by atoms with Gasteiger partial charge in [-0.1, -0.05) is 96.7 Å². The van der Waals surface area contributed by atoms with Crippen molar-refractivity contribution in [2.24, 2.45) is 0 Å². The molecule has 6 heteroatoms. The summed E-state index contributed by atoms with van der Waals surface area (Å²) in [5.41, 5.74) is 3.18. The Morgan fingerprint density at radius 3 is 2.21 bits per heavy atom. The SMILES string of the molecule is CCc1ccc(OCC(=O)N(Cc2ccc(Br)cc2)[C@@H](Cc2ccccc2)C(=O)NC2CCCCC2)cc1. The summed E-state index contributed by atoms with van der Waals surface area (Å²) >= 11 is 3.49. The highest BCUT2D eigenvalue weighted by Gasteiger charge is 2.32. The minimum Gasteiger partial charge on any atom is -0.484 e. The Bertz CT molecular complexity index is 1160. The molecular formula is C32H37BrN2O3. The van der Waals surface area contributed by atoms with Gasteiger partial charge in [0.1, 0.15) is 11.8 Å². The summed E-state index contributed by atoms with van der Waals surface area (Å²) < 4.78 is 6.87. The number of nitrogens with one attached hydrogen (secondary N) is 1. The van der Waals surface area contributed by atoms with Gasteiger partial charge in [0.25, 0.3) is 5.91 Å². The highest BCUT2D eigenvalue weighted by atomic mass is 79.9. The van der Waals surface area contributed by atoms with E-state index in [0.717, 1.165) is 47.7 Å². The van der Waals surface area contributed by atoms with Gasteiger partial charge >= 0.3 is 0 Å². The Labute approximate surface area is 234 Å². The number of carbonyl (C=O) groups is 2. The number of nitrogens with zero attached hydrogens (tertiary/aromatic N) is 1. The van der Waals surface area contributed by atoms with Gasteiger partial charge in [0.05, 0.1) is 0 Å². The molecule has 1 fully saturated rings. The second kappa shape index (κ2) is 14.1. The fourth-order valence-electron chi connectivity index (χ4n) is 4.93. The van der Waals surface area contributed by atoms with Crippen LogP contribution in [0.5, 0.6) is 5.75 Å². The average molecular weight is 578 g/mol. The maximum atomic E-state index is 13.8. The first-order chi connectivity index (χ1) is 18.5. The molecule has 4 rings (SSSR count). The maximum absolute atomic E-state index is 13.8. The van der Waals surface area contributed by atoms with Crippen LogP contribution in [0.3, 0.4) is 0 Å². The third kappa shape index (κ3) is 8.19. The number of carbonyl (C=O) groups excluding carboxylic acids is 2. The molecular weight excluding hydrogens is 540 g/mol. The molecule has 3 aromatic carbocycles. The molecule has 1 atom stereocenters. The van der Waals surface area contributed by atoms with Gasteiger partial charge in [-0.25, -0.2) is 0 Å². The summed E-state index contributed by atoms with van der Waals surface area (Å²) in [6.07, 6.45) is 6.82. The summed E-state index contributed by atoms with van der Waals surface area (Å²) in [7, 11) is 0. The lowest BCUT2D eigenvalue weighted by Gasteiger charge is -2.33. The molecule has 0 heterocycles. The van der Waals surface area contributed by atoms with E-state index >= 15 is 0 Å². The topological polar surface area (TPSA) is 58.6 Å². The number of hydrogen-bond donors (Lipinski definition) is 1. The standard InChI is InChI=1S/C32H37BrN2O3/c1-2-24-15-19-29(20-16-24)38-23-31(36)35(22-26-13-17-27(33)18-14-26)30(21-25-9-5-3-6-10-25)32(37)34-28-11-7-4-8-12-28/h3,5-6,9-10,13-20,28,30H,2,4,7-8,11-12,21-23H2,1H3,(H,34,37)/t30-/m0/s1. The molecule has 1 saturated carbocycles. The summed E-state index contributed by atoms with van der Waals surface area (Å²) in [5.74, 6) is 0.330. The Kier molecular flexibility index (Phi) is 10.4. The minimum absolute atomic E-state index is 0.0986. The van der Waals surface area contributed by atoms with Gasteiger partial charge in [0, 0.05) is 23.5 Å². The molecule has 5 nitrogen and oxygen atoms in total. The molecule has 1 N–H and O–H groups in total. The Hall–Kier alpha value is -3.12. The number of ether oxygens (including phenoxy) is 1. The molecule has 1 aliphatic rings. The molecule has 3 aromatic rings. The van der Waals surface area contributed by atoms with Gasteiger partial charge in [-0.15, -0.1) is 0 Å². The maximum Gasteiger partial charge on any atom is 0.261 e. The second-order valence-corrected chi connectivity index (χ2v) is 10.9. The number of rotatable bonds is 11. The third-order valence-electron chi connectivity index (χ3n) is 7.18. The van der Waals surface area contributed by atoms with Gasteiger partial charge in [-0.3, -0.25) is 9.59 Å². The van der Waals surface area contributed by atoms with Crippen molar-refractivity contribution in [3.8, 4) is 5.75 Å². The molecule has 0 unspecified atom stereocenters. The molecule has 0 radical (unpaired) electrons. The molecule has 0 bridgehead atoms. The highest BCUT2D eigenvalue weighted by molar-refractivity contribution is 9.10. The fourth-order valence-corrected chi connectivity index (χ4v) is 5.20. The van der Waals surface area contributed by atoms with Crippen molar-refractivity contribution < 1.29 is 14.3 Å². The molecule has 0 spiro atoms. The van der Waals surface area contributed by atoms with E-state index in [1.807, 2.05) is 78.9 Å². The zero-order valence-corrected chi connectivity index (χ0v) is 23.7. The van der Waals surface area contributed by atoms with Crippen molar-refractivity contribution in [1.82, 2.24) is 10.2 Å². The van der Waals surface area contributed by atoms with Crippen molar-refractivity contribution in [2.45, 2.75) is 70.5 Å². The van der Waals surface area contributed by atoms with Gasteiger partial charge in [-0.05, 0) is 60.2 Å². The normalized spacial score (nSPS) is 14.5. The van der Waals surface area contributed by atoms with Crippen LogP contribution in [0.1, 0.15) is 55.7 Å². The molecule has 2 amide bonds. The average Bonchev–Trinajstić information content (AvgIpc) is 2.96. The number of amides is 2. The van der Waals surface area contributed by atoms with Gasteiger partial charge < -0.3 is 15.0 Å². The molecule has 0 aliphatic heterocycles. The largest absolute Gasteiger partial charge is 0.484 e. The Balaban J connectivity index is 1.58. The first-order valence-electron chi connectivity index (χ1n) is 13.6. The predicted molar refractivity (Wildman–Crippen MR) is 155 cm³/mol. The number of hydrogen-bond acceptors (Lipinski definition) is 3. The van der Waals surface area contributed by atoms with Crippen molar-refractivity contribution in [1.29, 1.82) is 0 Å². The van der Waals surface area contributed by atoms with Crippen LogP contribution in [0.25, 0.3) is 0 Å². The van der Waals surface area contributed by atoms with E-state index in [-0.39, 0.29) is 24.5 Å². The number of halogens is 1. The van der Waals surface area contributed by atoms with E-state index in [9.17, 15) is 9.59 Å². The summed E-state index contributed by atoms with van der Waals surface area (Å²) in [5, 5.41) is 3.27.